The van der Waals surface area contributed by atoms with Crippen molar-refractivity contribution in [3.8, 4) is 0 Å². The van der Waals surface area contributed by atoms with Crippen molar-refractivity contribution in [3.05, 3.63) is 62.5 Å². The van der Waals surface area contributed by atoms with E-state index in [-0.39, 0.29) is 16.9 Å². The monoisotopic (exact) mass is 393 g/mol. The average Bonchev–Trinajstić information content (AvgIpc) is 3.27. The maximum Gasteiger partial charge on any atom is 0.262 e. The molecule has 0 spiro atoms. The van der Waals surface area contributed by atoms with E-state index in [4.69, 9.17) is 0 Å². The number of benzene rings is 1. The van der Waals surface area contributed by atoms with Crippen molar-refractivity contribution >= 4 is 27.5 Å². The Morgan fingerprint density at radius 1 is 1.25 bits per heavy atom. The van der Waals surface area contributed by atoms with E-state index in [1.165, 1.54) is 23.3 Å². The van der Waals surface area contributed by atoms with E-state index in [0.29, 0.717) is 21.6 Å². The van der Waals surface area contributed by atoms with Gasteiger partial charge in [-0.1, -0.05) is 36.8 Å². The third kappa shape index (κ3) is 2.62. The molecule has 6 heteroatoms. The normalized spacial score (nSPS) is 17.3. The molecule has 1 N–H and O–H groups in total. The minimum Gasteiger partial charge on any atom is -0.350 e. The first-order chi connectivity index (χ1) is 13.6. The molecule has 0 radical (unpaired) electrons. The number of amides is 1. The first-order valence-electron chi connectivity index (χ1n) is 9.96. The molecule has 2 aromatic heterocycles. The summed E-state index contributed by atoms with van der Waals surface area (Å²) in [5.74, 6) is 0.760. The number of nitrogens with zero attached hydrogens (tertiary/aromatic N) is 2. The summed E-state index contributed by atoms with van der Waals surface area (Å²) in [5, 5.41) is 3.77. The minimum atomic E-state index is -0.0905. The zero-order valence-electron chi connectivity index (χ0n) is 16.0. The molecule has 1 amide bonds. The number of carbonyl (C=O) groups excluding carboxylic acids is 1. The van der Waals surface area contributed by atoms with Gasteiger partial charge in [0.15, 0.2) is 0 Å². The van der Waals surface area contributed by atoms with Gasteiger partial charge in [-0.05, 0) is 37.3 Å². The van der Waals surface area contributed by atoms with Gasteiger partial charge in [0.25, 0.3) is 11.5 Å². The summed E-state index contributed by atoms with van der Waals surface area (Å²) in [7, 11) is 0. The standard InChI is InChI=1S/C22H23N3O2S/c1-14-17-20(24-16-9-5-12-25(16)21(17)27)28-18(14)19(26)23-13-22(10-6-11-22)15-7-3-2-4-8-15/h2-4,7-8H,5-6,9-13H2,1H3,(H,23,26). The highest BCUT2D eigenvalue weighted by atomic mass is 32.1. The fraction of sp³-hybridized carbons (Fsp3) is 0.409. The molecule has 1 aromatic carbocycles. The van der Waals surface area contributed by atoms with Gasteiger partial charge in [0.05, 0.1) is 10.3 Å². The summed E-state index contributed by atoms with van der Waals surface area (Å²) in [4.78, 5) is 31.8. The molecule has 5 nitrogen and oxygen atoms in total. The number of thiophene rings is 1. The van der Waals surface area contributed by atoms with Crippen molar-refractivity contribution in [1.82, 2.24) is 14.9 Å². The van der Waals surface area contributed by atoms with Gasteiger partial charge in [0, 0.05) is 24.9 Å². The van der Waals surface area contributed by atoms with E-state index >= 15 is 0 Å². The fourth-order valence-electron chi connectivity index (χ4n) is 4.58. The Balaban J connectivity index is 1.43. The van der Waals surface area contributed by atoms with Crippen molar-refractivity contribution in [2.75, 3.05) is 6.54 Å². The summed E-state index contributed by atoms with van der Waals surface area (Å²) in [6, 6.07) is 10.5. The highest BCUT2D eigenvalue weighted by Crippen LogP contribution is 2.43. The van der Waals surface area contributed by atoms with Gasteiger partial charge in [0.1, 0.15) is 10.7 Å². The van der Waals surface area contributed by atoms with E-state index in [1.54, 1.807) is 4.57 Å². The van der Waals surface area contributed by atoms with Crippen LogP contribution in [0.3, 0.4) is 0 Å². The number of carbonyl (C=O) groups is 1. The van der Waals surface area contributed by atoms with Gasteiger partial charge < -0.3 is 5.32 Å². The van der Waals surface area contributed by atoms with Crippen LogP contribution in [0.4, 0.5) is 0 Å². The van der Waals surface area contributed by atoms with Crippen LogP contribution < -0.4 is 10.9 Å². The predicted molar refractivity (Wildman–Crippen MR) is 111 cm³/mol. The molecule has 1 aliphatic heterocycles. The smallest absolute Gasteiger partial charge is 0.262 e. The molecule has 1 aliphatic carbocycles. The molecule has 0 atom stereocenters. The highest BCUT2D eigenvalue weighted by Gasteiger charge is 2.39. The number of fused-ring (bicyclic) bond motifs is 2. The molecule has 0 bridgehead atoms. The molecule has 5 rings (SSSR count). The molecule has 1 fully saturated rings. The number of aromatic nitrogens is 2. The van der Waals surface area contributed by atoms with Crippen molar-refractivity contribution in [2.24, 2.45) is 0 Å². The molecular formula is C22H23N3O2S. The largest absolute Gasteiger partial charge is 0.350 e. The van der Waals surface area contributed by atoms with Crippen molar-refractivity contribution in [2.45, 2.75) is 51.0 Å². The third-order valence-electron chi connectivity index (χ3n) is 6.40. The first-order valence-corrected chi connectivity index (χ1v) is 10.8. The lowest BCUT2D eigenvalue weighted by molar-refractivity contribution is 0.0931. The van der Waals surface area contributed by atoms with Gasteiger partial charge in [-0.3, -0.25) is 14.2 Å². The lowest BCUT2D eigenvalue weighted by atomic mass is 9.64. The first kappa shape index (κ1) is 17.6. The van der Waals surface area contributed by atoms with Crippen molar-refractivity contribution < 1.29 is 4.79 Å². The zero-order chi connectivity index (χ0) is 19.3. The topological polar surface area (TPSA) is 64.0 Å². The Bertz CT molecular complexity index is 1130. The van der Waals surface area contributed by atoms with E-state index in [2.05, 4.69) is 34.6 Å². The van der Waals surface area contributed by atoms with Gasteiger partial charge in [-0.15, -0.1) is 11.3 Å². The maximum atomic E-state index is 13.0. The van der Waals surface area contributed by atoms with Gasteiger partial charge >= 0.3 is 0 Å². The van der Waals surface area contributed by atoms with Crippen LogP contribution in [0.2, 0.25) is 0 Å². The Morgan fingerprint density at radius 2 is 2.04 bits per heavy atom. The SMILES string of the molecule is Cc1c(C(=O)NCC2(c3ccccc3)CCC2)sc2nc3n(c(=O)c12)CCC3. The van der Waals surface area contributed by atoms with Crippen LogP contribution in [0.1, 0.15) is 52.3 Å². The maximum absolute atomic E-state index is 13.0. The quantitative estimate of drug-likeness (QED) is 0.737. The van der Waals surface area contributed by atoms with Gasteiger partial charge in [-0.25, -0.2) is 4.98 Å². The van der Waals surface area contributed by atoms with Gasteiger partial charge in [-0.2, -0.15) is 0 Å². The lowest BCUT2D eigenvalue weighted by Crippen LogP contribution is -2.45. The summed E-state index contributed by atoms with van der Waals surface area (Å²) in [5.41, 5.74) is 2.11. The van der Waals surface area contributed by atoms with Crippen LogP contribution in [-0.4, -0.2) is 22.0 Å². The second-order valence-electron chi connectivity index (χ2n) is 8.01. The zero-order valence-corrected chi connectivity index (χ0v) is 16.8. The molecule has 0 unspecified atom stereocenters. The summed E-state index contributed by atoms with van der Waals surface area (Å²) in [6.45, 7) is 3.23. The highest BCUT2D eigenvalue weighted by molar-refractivity contribution is 7.20. The van der Waals surface area contributed by atoms with Crippen LogP contribution in [0.25, 0.3) is 10.2 Å². The van der Waals surface area contributed by atoms with Crippen molar-refractivity contribution in [1.29, 1.82) is 0 Å². The fourth-order valence-corrected chi connectivity index (χ4v) is 5.69. The second-order valence-corrected chi connectivity index (χ2v) is 9.01. The Labute approximate surface area is 167 Å². The Hall–Kier alpha value is -2.47. The lowest BCUT2D eigenvalue weighted by Gasteiger charge is -2.42. The van der Waals surface area contributed by atoms with Crippen LogP contribution >= 0.6 is 11.3 Å². The summed E-state index contributed by atoms with van der Waals surface area (Å²) >= 11 is 1.35. The Kier molecular flexibility index (Phi) is 4.12. The second kappa shape index (κ2) is 6.55. The number of aryl methyl sites for hydroxylation is 2. The predicted octanol–water partition coefficient (Wildman–Crippen LogP) is 3.56. The summed E-state index contributed by atoms with van der Waals surface area (Å²) in [6.07, 6.45) is 5.19. The Morgan fingerprint density at radius 3 is 2.75 bits per heavy atom. The van der Waals surface area contributed by atoms with E-state index < -0.39 is 0 Å². The molecule has 1 saturated carbocycles. The number of hydrogen-bond acceptors (Lipinski definition) is 4. The van der Waals surface area contributed by atoms with Gasteiger partial charge in [0.2, 0.25) is 0 Å². The van der Waals surface area contributed by atoms with E-state index in [1.807, 2.05) is 13.0 Å². The van der Waals surface area contributed by atoms with E-state index in [9.17, 15) is 9.59 Å². The average molecular weight is 394 g/mol. The van der Waals surface area contributed by atoms with Crippen LogP contribution in [0.5, 0.6) is 0 Å². The number of hydrogen-bond donors (Lipinski definition) is 1. The van der Waals surface area contributed by atoms with Crippen LogP contribution in [-0.2, 0) is 18.4 Å². The number of rotatable bonds is 4. The molecule has 0 saturated heterocycles. The van der Waals surface area contributed by atoms with Crippen LogP contribution in [0, 0.1) is 6.92 Å². The molecule has 144 valence electrons. The molecule has 3 heterocycles. The molecular weight excluding hydrogens is 370 g/mol. The van der Waals surface area contributed by atoms with E-state index in [0.717, 1.165) is 43.6 Å². The molecule has 28 heavy (non-hydrogen) atoms. The minimum absolute atomic E-state index is 0.00467. The summed E-state index contributed by atoms with van der Waals surface area (Å²) < 4.78 is 1.77. The van der Waals surface area contributed by atoms with Crippen molar-refractivity contribution in [3.63, 3.8) is 0 Å². The molecule has 2 aliphatic rings. The molecule has 3 aromatic rings. The number of nitrogens with one attached hydrogen (secondary N) is 1. The third-order valence-corrected chi connectivity index (χ3v) is 7.59. The van der Waals surface area contributed by atoms with Crippen LogP contribution in [0.15, 0.2) is 35.1 Å².